The number of rotatable bonds is 7. The first-order valence-electron chi connectivity index (χ1n) is 8.01. The zero-order valence-electron chi connectivity index (χ0n) is 14.2. The maximum Gasteiger partial charge on any atom is 0.255 e. The predicted molar refractivity (Wildman–Crippen MR) is 101 cm³/mol. The number of ether oxygens (including phenoxy) is 1. The monoisotopic (exact) mass is 404 g/mol. The fraction of sp³-hybridized carbons (Fsp3) is 0.263. The standard InChI is InChI=1S/C19H21BrN2O3/c1-3-16(13-8-10-14(20)11-9-13)22-18(23)12-21-19(24)15-6-4-5-7-17(15)25-2/h4-11,16H,3,12H2,1-2H3,(H,21,24)(H,22,23)/t16-/m0/s1. The molecule has 1 atom stereocenters. The molecule has 2 aromatic carbocycles. The summed E-state index contributed by atoms with van der Waals surface area (Å²) in [4.78, 5) is 24.4. The van der Waals surface area contributed by atoms with Crippen LogP contribution in [0.25, 0.3) is 0 Å². The molecule has 2 rings (SSSR count). The van der Waals surface area contributed by atoms with Crippen LogP contribution in [0, 0.1) is 0 Å². The number of carbonyl (C=O) groups excluding carboxylic acids is 2. The van der Waals surface area contributed by atoms with E-state index in [-0.39, 0.29) is 24.4 Å². The third-order valence-corrected chi connectivity index (χ3v) is 4.31. The van der Waals surface area contributed by atoms with Crippen molar-refractivity contribution in [1.29, 1.82) is 0 Å². The Kier molecular flexibility index (Phi) is 7.01. The fourth-order valence-electron chi connectivity index (χ4n) is 2.45. The molecule has 6 heteroatoms. The second-order valence-electron chi connectivity index (χ2n) is 5.46. The van der Waals surface area contributed by atoms with E-state index in [1.54, 1.807) is 24.3 Å². The van der Waals surface area contributed by atoms with Crippen molar-refractivity contribution < 1.29 is 14.3 Å². The van der Waals surface area contributed by atoms with Crippen molar-refractivity contribution in [3.63, 3.8) is 0 Å². The number of para-hydroxylation sites is 1. The quantitative estimate of drug-likeness (QED) is 0.742. The number of hydrogen-bond donors (Lipinski definition) is 2. The third kappa shape index (κ3) is 5.32. The van der Waals surface area contributed by atoms with Crippen LogP contribution in [0.3, 0.4) is 0 Å². The van der Waals surface area contributed by atoms with Gasteiger partial charge in [0.2, 0.25) is 5.91 Å². The Hall–Kier alpha value is -2.34. The predicted octanol–water partition coefficient (Wildman–Crippen LogP) is 3.46. The van der Waals surface area contributed by atoms with Gasteiger partial charge in [-0.25, -0.2) is 0 Å². The molecular formula is C19H21BrN2O3. The first-order chi connectivity index (χ1) is 12.0. The minimum Gasteiger partial charge on any atom is -0.496 e. The topological polar surface area (TPSA) is 67.4 Å². The first-order valence-corrected chi connectivity index (χ1v) is 8.80. The van der Waals surface area contributed by atoms with Gasteiger partial charge in [-0.2, -0.15) is 0 Å². The number of carbonyl (C=O) groups is 2. The summed E-state index contributed by atoms with van der Waals surface area (Å²) >= 11 is 3.40. The molecule has 2 amide bonds. The van der Waals surface area contributed by atoms with Gasteiger partial charge >= 0.3 is 0 Å². The summed E-state index contributed by atoms with van der Waals surface area (Å²) in [5.41, 5.74) is 1.42. The number of halogens is 1. The van der Waals surface area contributed by atoms with Crippen molar-refractivity contribution in [2.45, 2.75) is 19.4 Å². The van der Waals surface area contributed by atoms with Gasteiger partial charge in [-0.3, -0.25) is 9.59 Å². The van der Waals surface area contributed by atoms with E-state index in [1.165, 1.54) is 7.11 Å². The van der Waals surface area contributed by atoms with E-state index in [2.05, 4.69) is 26.6 Å². The van der Waals surface area contributed by atoms with Gasteiger partial charge in [-0.1, -0.05) is 47.1 Å². The number of amides is 2. The molecule has 2 aromatic rings. The average Bonchev–Trinajstić information content (AvgIpc) is 2.64. The number of nitrogens with one attached hydrogen (secondary N) is 2. The minimum atomic E-state index is -0.343. The van der Waals surface area contributed by atoms with Crippen LogP contribution in [0.2, 0.25) is 0 Å². The summed E-state index contributed by atoms with van der Waals surface area (Å²) < 4.78 is 6.14. The van der Waals surface area contributed by atoms with Gasteiger partial charge < -0.3 is 15.4 Å². The van der Waals surface area contributed by atoms with Gasteiger partial charge in [0.05, 0.1) is 25.3 Å². The van der Waals surface area contributed by atoms with Crippen molar-refractivity contribution in [3.05, 3.63) is 64.1 Å². The molecule has 0 bridgehead atoms. The van der Waals surface area contributed by atoms with Crippen LogP contribution in [0.1, 0.15) is 35.3 Å². The van der Waals surface area contributed by atoms with Crippen molar-refractivity contribution in [3.8, 4) is 5.75 Å². The molecule has 0 saturated carbocycles. The van der Waals surface area contributed by atoms with E-state index in [4.69, 9.17) is 4.74 Å². The molecule has 0 aliphatic carbocycles. The Bertz CT molecular complexity index is 732. The Balaban J connectivity index is 1.93. The highest BCUT2D eigenvalue weighted by Crippen LogP contribution is 2.19. The molecule has 0 radical (unpaired) electrons. The molecule has 0 spiro atoms. The first kappa shape index (κ1) is 19.0. The summed E-state index contributed by atoms with van der Waals surface area (Å²) in [5, 5.41) is 5.56. The molecule has 0 unspecified atom stereocenters. The van der Waals surface area contributed by atoms with Crippen LogP contribution >= 0.6 is 15.9 Å². The fourth-order valence-corrected chi connectivity index (χ4v) is 2.71. The highest BCUT2D eigenvalue weighted by molar-refractivity contribution is 9.10. The van der Waals surface area contributed by atoms with Gasteiger partial charge in [0.15, 0.2) is 0 Å². The van der Waals surface area contributed by atoms with Gasteiger partial charge in [0, 0.05) is 4.47 Å². The third-order valence-electron chi connectivity index (χ3n) is 3.78. The Morgan fingerprint density at radius 1 is 1.12 bits per heavy atom. The lowest BCUT2D eigenvalue weighted by molar-refractivity contribution is -0.120. The molecule has 0 aliphatic heterocycles. The van der Waals surface area contributed by atoms with Crippen LogP contribution in [0.4, 0.5) is 0 Å². The van der Waals surface area contributed by atoms with Crippen molar-refractivity contribution in [2.75, 3.05) is 13.7 Å². The van der Waals surface area contributed by atoms with Crippen LogP contribution in [-0.2, 0) is 4.79 Å². The lowest BCUT2D eigenvalue weighted by Crippen LogP contribution is -2.38. The summed E-state index contributed by atoms with van der Waals surface area (Å²) in [7, 11) is 1.50. The van der Waals surface area contributed by atoms with Gasteiger partial charge in [-0.05, 0) is 36.2 Å². The summed E-state index contributed by atoms with van der Waals surface area (Å²) in [6.07, 6.45) is 0.758. The number of hydrogen-bond acceptors (Lipinski definition) is 3. The van der Waals surface area contributed by atoms with Crippen LogP contribution < -0.4 is 15.4 Å². The van der Waals surface area contributed by atoms with Crippen molar-refractivity contribution in [1.82, 2.24) is 10.6 Å². The van der Waals surface area contributed by atoms with E-state index >= 15 is 0 Å². The van der Waals surface area contributed by atoms with E-state index in [0.29, 0.717) is 11.3 Å². The lowest BCUT2D eigenvalue weighted by Gasteiger charge is -2.18. The number of methoxy groups -OCH3 is 1. The Labute approximate surface area is 155 Å². The molecule has 25 heavy (non-hydrogen) atoms. The molecule has 0 aliphatic rings. The highest BCUT2D eigenvalue weighted by atomic mass is 79.9. The van der Waals surface area contributed by atoms with E-state index in [9.17, 15) is 9.59 Å². The lowest BCUT2D eigenvalue weighted by atomic mass is 10.0. The SMILES string of the molecule is CC[C@H](NC(=O)CNC(=O)c1ccccc1OC)c1ccc(Br)cc1. The normalized spacial score (nSPS) is 11.5. The van der Waals surface area contributed by atoms with E-state index < -0.39 is 0 Å². The minimum absolute atomic E-state index is 0.0933. The summed E-state index contributed by atoms with van der Waals surface area (Å²) in [6.45, 7) is 1.91. The molecule has 0 heterocycles. The van der Waals surface area contributed by atoms with Gasteiger partial charge in [0.25, 0.3) is 5.91 Å². The zero-order valence-corrected chi connectivity index (χ0v) is 15.8. The van der Waals surface area contributed by atoms with Crippen molar-refractivity contribution in [2.24, 2.45) is 0 Å². The molecular weight excluding hydrogens is 384 g/mol. The van der Waals surface area contributed by atoms with Gasteiger partial charge in [0.1, 0.15) is 5.75 Å². The zero-order chi connectivity index (χ0) is 18.2. The highest BCUT2D eigenvalue weighted by Gasteiger charge is 2.15. The number of benzene rings is 2. The maximum absolute atomic E-state index is 12.2. The average molecular weight is 405 g/mol. The maximum atomic E-state index is 12.2. The van der Waals surface area contributed by atoms with Gasteiger partial charge in [-0.15, -0.1) is 0 Å². The second kappa shape index (κ2) is 9.22. The molecule has 2 N–H and O–H groups in total. The Morgan fingerprint density at radius 2 is 1.80 bits per heavy atom. The Morgan fingerprint density at radius 3 is 2.44 bits per heavy atom. The molecule has 5 nitrogen and oxygen atoms in total. The summed E-state index contributed by atoms with van der Waals surface area (Å²) in [6, 6.07) is 14.6. The van der Waals surface area contributed by atoms with Crippen LogP contribution in [0.15, 0.2) is 53.0 Å². The van der Waals surface area contributed by atoms with E-state index in [1.807, 2.05) is 31.2 Å². The van der Waals surface area contributed by atoms with E-state index in [0.717, 1.165) is 16.5 Å². The van der Waals surface area contributed by atoms with Crippen LogP contribution in [0.5, 0.6) is 5.75 Å². The summed E-state index contributed by atoms with van der Waals surface area (Å²) in [5.74, 6) is -0.107. The molecule has 0 fully saturated rings. The largest absolute Gasteiger partial charge is 0.496 e. The molecule has 132 valence electrons. The smallest absolute Gasteiger partial charge is 0.255 e. The van der Waals surface area contributed by atoms with Crippen LogP contribution in [-0.4, -0.2) is 25.5 Å². The molecule has 0 aromatic heterocycles. The molecule has 0 saturated heterocycles. The van der Waals surface area contributed by atoms with Crippen molar-refractivity contribution >= 4 is 27.7 Å². The second-order valence-corrected chi connectivity index (χ2v) is 6.38.